The minimum absolute atomic E-state index is 0.304. The van der Waals surface area contributed by atoms with Crippen molar-refractivity contribution < 1.29 is 0 Å². The second kappa shape index (κ2) is 5.47. The van der Waals surface area contributed by atoms with Crippen LogP contribution >= 0.6 is 12.8 Å². The fourth-order valence-electron chi connectivity index (χ4n) is 3.49. The first-order chi connectivity index (χ1) is 10.7. The van der Waals surface area contributed by atoms with Gasteiger partial charge in [0.2, 0.25) is 0 Å². The Balaban J connectivity index is 1.75. The lowest BCUT2D eigenvalue weighted by molar-refractivity contribution is 0.741. The molecule has 0 spiro atoms. The van der Waals surface area contributed by atoms with Gasteiger partial charge in [0.1, 0.15) is 5.82 Å². The van der Waals surface area contributed by atoms with Crippen LogP contribution in [0.5, 0.6) is 0 Å². The summed E-state index contributed by atoms with van der Waals surface area (Å²) in [6.45, 7) is 0.847. The summed E-state index contributed by atoms with van der Waals surface area (Å²) in [5.41, 5.74) is 5.23. The van der Waals surface area contributed by atoms with E-state index < -0.39 is 0 Å². The minimum atomic E-state index is 0.304. The van der Waals surface area contributed by atoms with E-state index >= 15 is 0 Å². The molecule has 2 aliphatic rings. The molecule has 0 saturated heterocycles. The van der Waals surface area contributed by atoms with Gasteiger partial charge in [0.05, 0.1) is 6.20 Å². The molecule has 0 saturated carbocycles. The highest BCUT2D eigenvalue weighted by molar-refractivity contribution is 7.81. The summed E-state index contributed by atoms with van der Waals surface area (Å²) < 4.78 is 3.81. The summed E-state index contributed by atoms with van der Waals surface area (Å²) in [5, 5.41) is 4.31. The van der Waals surface area contributed by atoms with Crippen LogP contribution in [-0.4, -0.2) is 21.3 Å². The number of rotatable bonds is 2. The van der Waals surface area contributed by atoms with Gasteiger partial charge in [0, 0.05) is 37.5 Å². The maximum Gasteiger partial charge on any atom is 0.142 e. The largest absolute Gasteiger partial charge is 0.302 e. The van der Waals surface area contributed by atoms with Crippen LogP contribution in [0.2, 0.25) is 0 Å². The Kier molecular flexibility index (Phi) is 3.45. The highest BCUT2D eigenvalue weighted by atomic mass is 32.1. The van der Waals surface area contributed by atoms with Crippen LogP contribution < -0.4 is 4.31 Å². The van der Waals surface area contributed by atoms with Crippen molar-refractivity contribution in [3.05, 3.63) is 47.4 Å². The smallest absolute Gasteiger partial charge is 0.142 e. The second-order valence-electron chi connectivity index (χ2n) is 6.19. The highest BCUT2D eigenvalue weighted by Gasteiger charge is 2.31. The van der Waals surface area contributed by atoms with E-state index in [0.717, 1.165) is 12.4 Å². The summed E-state index contributed by atoms with van der Waals surface area (Å²) in [5.74, 6) is 1.29. The van der Waals surface area contributed by atoms with Gasteiger partial charge in [-0.3, -0.25) is 4.68 Å². The number of thiol groups is 1. The third-order valence-electron chi connectivity index (χ3n) is 4.66. The van der Waals surface area contributed by atoms with Crippen LogP contribution in [0.3, 0.4) is 0 Å². The molecule has 3 heterocycles. The summed E-state index contributed by atoms with van der Waals surface area (Å²) in [6, 6.07) is 2.31. The van der Waals surface area contributed by atoms with E-state index in [0.29, 0.717) is 5.92 Å². The van der Waals surface area contributed by atoms with Gasteiger partial charge in [-0.2, -0.15) is 5.10 Å². The molecule has 0 N–H and O–H groups in total. The van der Waals surface area contributed by atoms with Crippen molar-refractivity contribution in [2.45, 2.75) is 31.6 Å². The molecule has 0 aromatic carbocycles. The zero-order valence-corrected chi connectivity index (χ0v) is 13.6. The molecule has 2 aromatic heterocycles. The van der Waals surface area contributed by atoms with Crippen molar-refractivity contribution >= 4 is 24.2 Å². The third-order valence-corrected chi connectivity index (χ3v) is 5.01. The number of allylic oxidation sites excluding steroid dienone is 2. The lowest BCUT2D eigenvalue weighted by Gasteiger charge is -2.15. The first-order valence-electron chi connectivity index (χ1n) is 7.86. The van der Waals surface area contributed by atoms with Gasteiger partial charge in [-0.1, -0.05) is 18.9 Å². The molecule has 0 radical (unpaired) electrons. The standard InChI is InChI=1S/C17H20N4S/c1-20-10-14(9-19-20)16-11-21(22)17-15(16)7-13(8-18-17)12-5-3-2-4-6-12/h5,7-10,16,22H,2-4,6,11H2,1H3. The van der Waals surface area contributed by atoms with E-state index in [-0.39, 0.29) is 0 Å². The van der Waals surface area contributed by atoms with Gasteiger partial charge in [-0.15, -0.1) is 0 Å². The summed E-state index contributed by atoms with van der Waals surface area (Å²) in [7, 11) is 1.96. The summed E-state index contributed by atoms with van der Waals surface area (Å²) in [6.07, 6.45) is 13.4. The molecule has 1 aliphatic carbocycles. The average Bonchev–Trinajstić information content (AvgIpc) is 3.12. The van der Waals surface area contributed by atoms with Crippen molar-refractivity contribution in [3.8, 4) is 0 Å². The molecule has 2 aromatic rings. The molecule has 0 fully saturated rings. The van der Waals surface area contributed by atoms with E-state index in [1.54, 1.807) is 0 Å². The van der Waals surface area contributed by atoms with E-state index in [2.05, 4.69) is 41.2 Å². The lowest BCUT2D eigenvalue weighted by atomic mass is 9.91. The number of pyridine rings is 1. The average molecular weight is 312 g/mol. The molecular formula is C17H20N4S. The van der Waals surface area contributed by atoms with Crippen molar-refractivity contribution in [1.29, 1.82) is 0 Å². The van der Waals surface area contributed by atoms with Crippen LogP contribution in [0.4, 0.5) is 5.82 Å². The Morgan fingerprint density at radius 3 is 2.91 bits per heavy atom. The van der Waals surface area contributed by atoms with Crippen molar-refractivity contribution in [2.24, 2.45) is 7.05 Å². The molecule has 22 heavy (non-hydrogen) atoms. The van der Waals surface area contributed by atoms with Crippen molar-refractivity contribution in [2.75, 3.05) is 10.8 Å². The van der Waals surface area contributed by atoms with E-state index in [9.17, 15) is 0 Å². The van der Waals surface area contributed by atoms with Gasteiger partial charge in [-0.25, -0.2) is 4.98 Å². The first kappa shape index (κ1) is 13.9. The fourth-order valence-corrected chi connectivity index (χ4v) is 3.82. The second-order valence-corrected chi connectivity index (χ2v) is 6.68. The lowest BCUT2D eigenvalue weighted by Crippen LogP contribution is -2.10. The normalized spacial score (nSPS) is 20.9. The van der Waals surface area contributed by atoms with Crippen LogP contribution in [0.25, 0.3) is 5.57 Å². The quantitative estimate of drug-likeness (QED) is 0.861. The monoisotopic (exact) mass is 312 g/mol. The molecule has 0 amide bonds. The molecule has 5 heteroatoms. The first-order valence-corrected chi connectivity index (χ1v) is 8.26. The molecule has 114 valence electrons. The Morgan fingerprint density at radius 1 is 1.27 bits per heavy atom. The number of aryl methyl sites for hydroxylation is 1. The molecular weight excluding hydrogens is 292 g/mol. The van der Waals surface area contributed by atoms with Gasteiger partial charge < -0.3 is 4.31 Å². The third kappa shape index (κ3) is 2.33. The Hall–Kier alpha value is -1.75. The molecule has 1 aliphatic heterocycles. The van der Waals surface area contributed by atoms with Crippen LogP contribution in [0.15, 0.2) is 30.7 Å². The SMILES string of the molecule is Cn1cc(C2CN(S)c3ncc(C4=CCCCC4)cc32)cn1. The van der Waals surface area contributed by atoms with Gasteiger partial charge in [0.15, 0.2) is 0 Å². The number of aromatic nitrogens is 3. The molecule has 4 nitrogen and oxygen atoms in total. The molecule has 1 atom stereocenters. The van der Waals surface area contributed by atoms with Gasteiger partial charge >= 0.3 is 0 Å². The van der Waals surface area contributed by atoms with Crippen LogP contribution in [0, 0.1) is 0 Å². The maximum atomic E-state index is 4.68. The van der Waals surface area contributed by atoms with Gasteiger partial charge in [0.25, 0.3) is 0 Å². The highest BCUT2D eigenvalue weighted by Crippen LogP contribution is 2.41. The number of fused-ring (bicyclic) bond motifs is 1. The minimum Gasteiger partial charge on any atom is -0.302 e. The maximum absolute atomic E-state index is 4.68. The Bertz CT molecular complexity index is 734. The van der Waals surface area contributed by atoms with E-state index in [1.165, 1.54) is 47.9 Å². The number of hydrogen-bond acceptors (Lipinski definition) is 4. The Labute approximate surface area is 136 Å². The van der Waals surface area contributed by atoms with E-state index in [4.69, 9.17) is 0 Å². The number of hydrogen-bond donors (Lipinski definition) is 1. The van der Waals surface area contributed by atoms with Crippen molar-refractivity contribution in [1.82, 2.24) is 14.8 Å². The predicted molar refractivity (Wildman–Crippen MR) is 92.1 cm³/mol. The van der Waals surface area contributed by atoms with Gasteiger partial charge in [-0.05, 0) is 48.4 Å². The number of nitrogens with zero attached hydrogens (tertiary/aromatic N) is 4. The van der Waals surface area contributed by atoms with E-state index in [1.807, 2.05) is 28.4 Å². The molecule has 0 bridgehead atoms. The van der Waals surface area contributed by atoms with Crippen LogP contribution in [0.1, 0.15) is 48.3 Å². The summed E-state index contributed by atoms with van der Waals surface area (Å²) >= 11 is 4.58. The zero-order chi connectivity index (χ0) is 15.1. The topological polar surface area (TPSA) is 34.0 Å². The van der Waals surface area contributed by atoms with Crippen LogP contribution in [-0.2, 0) is 7.05 Å². The molecule has 1 unspecified atom stereocenters. The Morgan fingerprint density at radius 2 is 2.18 bits per heavy atom. The molecule has 4 rings (SSSR count). The fraction of sp³-hybridized carbons (Fsp3) is 0.412. The predicted octanol–water partition coefficient (Wildman–Crippen LogP) is 3.57. The number of anilines is 1. The van der Waals surface area contributed by atoms with Crippen molar-refractivity contribution in [3.63, 3.8) is 0 Å². The zero-order valence-electron chi connectivity index (χ0n) is 12.7. The summed E-state index contributed by atoms with van der Waals surface area (Å²) in [4.78, 5) is 4.68.